The second-order valence-electron chi connectivity index (χ2n) is 9.26. The summed E-state index contributed by atoms with van der Waals surface area (Å²) in [6, 6.07) is -0.409. The average Bonchev–Trinajstić information content (AvgIpc) is 2.42. The highest BCUT2D eigenvalue weighted by Gasteiger charge is 2.51. The molecule has 0 radical (unpaired) electrons. The van der Waals surface area contributed by atoms with Crippen molar-refractivity contribution in [3.63, 3.8) is 0 Å². The van der Waals surface area contributed by atoms with Crippen LogP contribution in [0, 0.1) is 23.7 Å². The van der Waals surface area contributed by atoms with Gasteiger partial charge < -0.3 is 15.4 Å². The van der Waals surface area contributed by atoms with Gasteiger partial charge in [-0.3, -0.25) is 9.59 Å². The Hall–Kier alpha value is -1.10. The van der Waals surface area contributed by atoms with Crippen molar-refractivity contribution in [1.29, 1.82) is 0 Å². The van der Waals surface area contributed by atoms with E-state index in [1.165, 1.54) is 32.1 Å². The summed E-state index contributed by atoms with van der Waals surface area (Å²) >= 11 is 0. The molecule has 4 bridgehead atoms. The molecule has 4 fully saturated rings. The Morgan fingerprint density at radius 3 is 2.00 bits per heavy atom. The largest absolute Gasteiger partial charge is 0.459 e. The van der Waals surface area contributed by atoms with E-state index in [4.69, 9.17) is 10.5 Å². The van der Waals surface area contributed by atoms with Gasteiger partial charge in [-0.2, -0.15) is 0 Å². The van der Waals surface area contributed by atoms with Gasteiger partial charge in [-0.1, -0.05) is 0 Å². The van der Waals surface area contributed by atoms with Crippen LogP contribution in [-0.4, -0.2) is 41.0 Å². The van der Waals surface area contributed by atoms with E-state index in [0.29, 0.717) is 11.8 Å². The van der Waals surface area contributed by atoms with E-state index in [1.807, 2.05) is 20.8 Å². The monoisotopic (exact) mass is 336 g/mol. The van der Waals surface area contributed by atoms with Crippen molar-refractivity contribution in [2.45, 2.75) is 77.5 Å². The molecule has 2 N–H and O–H groups in total. The minimum absolute atomic E-state index is 0.0324. The summed E-state index contributed by atoms with van der Waals surface area (Å²) < 4.78 is 5.47. The maximum absolute atomic E-state index is 12.8. The molecule has 5 nitrogen and oxygen atoms in total. The summed E-state index contributed by atoms with van der Waals surface area (Å²) in [5.74, 6) is 2.29. The number of hydrogen-bond acceptors (Lipinski definition) is 4. The molecule has 1 atom stereocenters. The van der Waals surface area contributed by atoms with Crippen LogP contribution >= 0.6 is 0 Å². The lowest BCUT2D eigenvalue weighted by atomic mass is 9.54. The van der Waals surface area contributed by atoms with E-state index < -0.39 is 11.6 Å². The van der Waals surface area contributed by atoms with Crippen molar-refractivity contribution in [2.75, 3.05) is 6.54 Å². The molecule has 0 aromatic heterocycles. The van der Waals surface area contributed by atoms with Crippen molar-refractivity contribution >= 4 is 11.9 Å². The molecule has 136 valence electrons. The third kappa shape index (κ3) is 3.61. The number of nitrogens with zero attached hydrogens (tertiary/aromatic N) is 1. The molecule has 24 heavy (non-hydrogen) atoms. The molecule has 0 saturated heterocycles. The average molecular weight is 336 g/mol. The first-order chi connectivity index (χ1) is 11.1. The number of carbonyl (C=O) groups is 2. The topological polar surface area (TPSA) is 72.6 Å². The van der Waals surface area contributed by atoms with E-state index in [2.05, 4.69) is 0 Å². The Kier molecular flexibility index (Phi) is 4.67. The van der Waals surface area contributed by atoms with Crippen LogP contribution in [0.4, 0.5) is 0 Å². The van der Waals surface area contributed by atoms with Gasteiger partial charge in [0.1, 0.15) is 12.1 Å². The second kappa shape index (κ2) is 6.32. The molecule has 0 aliphatic heterocycles. The molecule has 4 saturated carbocycles. The number of esters is 1. The lowest BCUT2D eigenvalue weighted by molar-refractivity contribution is -0.165. The van der Waals surface area contributed by atoms with Gasteiger partial charge in [0, 0.05) is 6.04 Å². The Morgan fingerprint density at radius 1 is 1.08 bits per heavy atom. The maximum atomic E-state index is 12.8. The number of rotatable bonds is 4. The van der Waals surface area contributed by atoms with Crippen LogP contribution in [0.15, 0.2) is 0 Å². The highest BCUT2D eigenvalue weighted by Crippen LogP contribution is 2.55. The molecule has 0 spiro atoms. The number of hydrogen-bond donors (Lipinski definition) is 1. The third-order valence-electron chi connectivity index (χ3n) is 5.93. The zero-order valence-electron chi connectivity index (χ0n) is 15.5. The molecular weight excluding hydrogens is 304 g/mol. The lowest BCUT2D eigenvalue weighted by Crippen LogP contribution is -2.60. The van der Waals surface area contributed by atoms with Gasteiger partial charge in [0.05, 0.1) is 6.04 Å². The first kappa shape index (κ1) is 17.7. The van der Waals surface area contributed by atoms with E-state index in [-0.39, 0.29) is 24.5 Å². The van der Waals surface area contributed by atoms with Crippen LogP contribution in [0.25, 0.3) is 0 Å². The van der Waals surface area contributed by atoms with Crippen molar-refractivity contribution < 1.29 is 14.3 Å². The summed E-state index contributed by atoms with van der Waals surface area (Å²) in [5.41, 5.74) is 5.35. The Balaban J connectivity index is 1.78. The zero-order valence-corrected chi connectivity index (χ0v) is 15.5. The minimum atomic E-state index is -0.579. The van der Waals surface area contributed by atoms with Crippen LogP contribution in [0.3, 0.4) is 0 Å². The molecule has 5 heteroatoms. The van der Waals surface area contributed by atoms with E-state index in [9.17, 15) is 9.59 Å². The van der Waals surface area contributed by atoms with Crippen LogP contribution in [-0.2, 0) is 14.3 Å². The minimum Gasteiger partial charge on any atom is -0.459 e. The van der Waals surface area contributed by atoms with Crippen molar-refractivity contribution in [3.8, 4) is 0 Å². The van der Waals surface area contributed by atoms with Crippen molar-refractivity contribution in [3.05, 3.63) is 0 Å². The van der Waals surface area contributed by atoms with E-state index in [1.54, 1.807) is 11.8 Å². The second-order valence-corrected chi connectivity index (χ2v) is 9.26. The SMILES string of the molecule is C[C@H](N)C(=O)N(CC(=O)OC(C)(C)C)C1C2CC3CC(C2)CC1C3. The lowest BCUT2D eigenvalue weighted by Gasteiger charge is -2.57. The van der Waals surface area contributed by atoms with Gasteiger partial charge >= 0.3 is 5.97 Å². The smallest absolute Gasteiger partial charge is 0.326 e. The predicted molar refractivity (Wildman–Crippen MR) is 92.0 cm³/mol. The van der Waals surface area contributed by atoms with Gasteiger partial charge in [0.2, 0.25) is 5.91 Å². The van der Waals surface area contributed by atoms with Gasteiger partial charge in [0.25, 0.3) is 0 Å². The van der Waals surface area contributed by atoms with Crippen molar-refractivity contribution in [2.24, 2.45) is 29.4 Å². The van der Waals surface area contributed by atoms with Crippen LogP contribution in [0.2, 0.25) is 0 Å². The first-order valence-electron chi connectivity index (χ1n) is 9.42. The summed E-state index contributed by atoms with van der Waals surface area (Å²) in [4.78, 5) is 26.9. The maximum Gasteiger partial charge on any atom is 0.326 e. The fourth-order valence-electron chi connectivity index (χ4n) is 5.51. The first-order valence-corrected chi connectivity index (χ1v) is 9.42. The van der Waals surface area contributed by atoms with Gasteiger partial charge in [0.15, 0.2) is 0 Å². The molecule has 0 aromatic rings. The summed E-state index contributed by atoms with van der Waals surface area (Å²) in [7, 11) is 0. The normalized spacial score (nSPS) is 35.6. The fourth-order valence-corrected chi connectivity index (χ4v) is 5.51. The number of carbonyl (C=O) groups excluding carboxylic acids is 2. The molecule has 1 amide bonds. The molecule has 4 aliphatic carbocycles. The van der Waals surface area contributed by atoms with E-state index in [0.717, 1.165) is 11.8 Å². The van der Waals surface area contributed by atoms with Gasteiger partial charge in [-0.15, -0.1) is 0 Å². The molecule has 4 aliphatic rings. The molecular formula is C19H32N2O3. The van der Waals surface area contributed by atoms with E-state index >= 15 is 0 Å². The van der Waals surface area contributed by atoms with Crippen LogP contribution in [0.5, 0.6) is 0 Å². The Morgan fingerprint density at radius 2 is 1.58 bits per heavy atom. The fraction of sp³-hybridized carbons (Fsp3) is 0.895. The number of nitrogens with two attached hydrogens (primary N) is 1. The molecule has 0 unspecified atom stereocenters. The molecule has 4 rings (SSSR count). The summed E-state index contributed by atoms with van der Waals surface area (Å²) in [6.07, 6.45) is 6.18. The quantitative estimate of drug-likeness (QED) is 0.800. The molecule has 0 aromatic carbocycles. The standard InChI is InChI=1S/C19H32N2O3/c1-11(20)18(23)21(10-16(22)24-19(2,3)4)17-14-6-12-5-13(8-14)9-15(17)7-12/h11-15,17H,5-10,20H2,1-4H3/t11-,12?,13?,14?,15?,17?/m0/s1. The Labute approximate surface area is 145 Å². The van der Waals surface area contributed by atoms with Gasteiger partial charge in [-0.25, -0.2) is 0 Å². The van der Waals surface area contributed by atoms with Crippen molar-refractivity contribution in [1.82, 2.24) is 4.90 Å². The highest BCUT2D eigenvalue weighted by atomic mass is 16.6. The number of amides is 1. The third-order valence-corrected chi connectivity index (χ3v) is 5.93. The number of ether oxygens (including phenoxy) is 1. The predicted octanol–water partition coefficient (Wildman–Crippen LogP) is 2.33. The molecule has 0 heterocycles. The van der Waals surface area contributed by atoms with Gasteiger partial charge in [-0.05, 0) is 83.5 Å². The highest BCUT2D eigenvalue weighted by molar-refractivity contribution is 5.85. The summed E-state index contributed by atoms with van der Waals surface area (Å²) in [6.45, 7) is 7.30. The Bertz CT molecular complexity index is 481. The summed E-state index contributed by atoms with van der Waals surface area (Å²) in [5, 5.41) is 0. The van der Waals surface area contributed by atoms with Crippen LogP contribution < -0.4 is 5.73 Å². The van der Waals surface area contributed by atoms with Crippen LogP contribution in [0.1, 0.15) is 59.8 Å². The zero-order chi connectivity index (χ0) is 17.6.